The fraction of sp³-hybridized carbons (Fsp3) is 0.333. The van der Waals surface area contributed by atoms with Crippen molar-refractivity contribution in [1.82, 2.24) is 14.8 Å². The zero-order valence-corrected chi connectivity index (χ0v) is 11.3. The third-order valence-corrected chi connectivity index (χ3v) is 3.30. The summed E-state index contributed by atoms with van der Waals surface area (Å²) in [6.07, 6.45) is 1.93. The van der Waals surface area contributed by atoms with Crippen LogP contribution < -0.4 is 0 Å². The minimum Gasteiger partial charge on any atom is -0.385 e. The molecule has 2 aromatic rings. The van der Waals surface area contributed by atoms with Gasteiger partial charge in [0.25, 0.3) is 0 Å². The highest BCUT2D eigenvalue weighted by molar-refractivity contribution is 9.10. The molecule has 1 heterocycles. The highest BCUT2D eigenvalue weighted by Gasteiger charge is 2.25. The first-order valence-corrected chi connectivity index (χ1v) is 6.09. The summed E-state index contributed by atoms with van der Waals surface area (Å²) in [4.78, 5) is 4.13. The van der Waals surface area contributed by atoms with Crippen molar-refractivity contribution in [3.63, 3.8) is 0 Å². The number of hydrogen-bond donors (Lipinski definition) is 1. The van der Waals surface area contributed by atoms with Gasteiger partial charge in [-0.15, -0.1) is 0 Å². The molecule has 2 rings (SSSR count). The van der Waals surface area contributed by atoms with Gasteiger partial charge in [0.2, 0.25) is 0 Å². The van der Waals surface area contributed by atoms with Crippen molar-refractivity contribution in [2.24, 2.45) is 7.05 Å². The molecule has 0 spiro atoms. The summed E-state index contributed by atoms with van der Waals surface area (Å²) in [7, 11) is 1.82. The van der Waals surface area contributed by atoms with Gasteiger partial charge in [-0.1, -0.05) is 28.1 Å². The smallest absolute Gasteiger partial charge is 0.138 e. The van der Waals surface area contributed by atoms with E-state index in [0.717, 1.165) is 15.9 Å². The second kappa shape index (κ2) is 4.58. The van der Waals surface area contributed by atoms with Crippen molar-refractivity contribution in [2.45, 2.75) is 18.9 Å². The van der Waals surface area contributed by atoms with Crippen molar-refractivity contribution in [3.05, 3.63) is 46.5 Å². The molecule has 0 saturated carbocycles. The first-order chi connectivity index (χ1) is 7.99. The van der Waals surface area contributed by atoms with Crippen LogP contribution in [0.5, 0.6) is 0 Å². The Morgan fingerprint density at radius 3 is 2.53 bits per heavy atom. The first-order valence-electron chi connectivity index (χ1n) is 5.30. The average Bonchev–Trinajstić information content (AvgIpc) is 2.64. The molecule has 4 nitrogen and oxygen atoms in total. The van der Waals surface area contributed by atoms with Gasteiger partial charge in [0.15, 0.2) is 0 Å². The summed E-state index contributed by atoms with van der Waals surface area (Å²) in [6.45, 7) is 1.78. The molecule has 1 N–H and O–H groups in total. The summed E-state index contributed by atoms with van der Waals surface area (Å²) in [5, 5.41) is 14.5. The fourth-order valence-electron chi connectivity index (χ4n) is 1.70. The number of aliphatic hydroxyl groups is 1. The second-order valence-electron chi connectivity index (χ2n) is 4.26. The number of benzene rings is 1. The van der Waals surface area contributed by atoms with Crippen LogP contribution in [0.2, 0.25) is 0 Å². The van der Waals surface area contributed by atoms with Crippen LogP contribution in [0.1, 0.15) is 18.3 Å². The van der Waals surface area contributed by atoms with Gasteiger partial charge in [0.1, 0.15) is 12.2 Å². The lowest BCUT2D eigenvalue weighted by molar-refractivity contribution is 0.0545. The molecular weight excluding hydrogens is 282 g/mol. The molecule has 90 valence electrons. The van der Waals surface area contributed by atoms with Gasteiger partial charge in [-0.2, -0.15) is 5.10 Å². The Kier molecular flexibility index (Phi) is 3.31. The molecule has 0 fully saturated rings. The van der Waals surface area contributed by atoms with Crippen LogP contribution in [0.15, 0.2) is 35.1 Å². The van der Waals surface area contributed by atoms with Crippen molar-refractivity contribution in [1.29, 1.82) is 0 Å². The fourth-order valence-corrected chi connectivity index (χ4v) is 1.96. The SMILES string of the molecule is Cn1ncnc1CC(C)(O)c1ccc(Br)cc1. The standard InChI is InChI=1S/C12H14BrN3O/c1-12(17,7-11-14-8-15-16(11)2)9-3-5-10(13)6-4-9/h3-6,8,17H,7H2,1-2H3. The number of aromatic nitrogens is 3. The minimum atomic E-state index is -0.943. The van der Waals surface area contributed by atoms with Crippen LogP contribution in [-0.2, 0) is 19.1 Å². The monoisotopic (exact) mass is 295 g/mol. The van der Waals surface area contributed by atoms with Gasteiger partial charge in [-0.05, 0) is 24.6 Å². The Morgan fingerprint density at radius 2 is 2.00 bits per heavy atom. The molecule has 0 aliphatic carbocycles. The van der Waals surface area contributed by atoms with Crippen LogP contribution in [0, 0.1) is 0 Å². The van der Waals surface area contributed by atoms with E-state index in [2.05, 4.69) is 26.0 Å². The number of hydrogen-bond acceptors (Lipinski definition) is 3. The van der Waals surface area contributed by atoms with Crippen LogP contribution in [0.3, 0.4) is 0 Å². The summed E-state index contributed by atoms with van der Waals surface area (Å²) < 4.78 is 2.67. The Labute approximate surface area is 108 Å². The maximum absolute atomic E-state index is 10.5. The Hall–Kier alpha value is -1.20. The molecule has 0 aliphatic rings. The summed E-state index contributed by atoms with van der Waals surface area (Å²) in [6, 6.07) is 7.64. The third kappa shape index (κ3) is 2.73. The third-order valence-electron chi connectivity index (χ3n) is 2.77. The van der Waals surface area contributed by atoms with E-state index < -0.39 is 5.60 Å². The van der Waals surface area contributed by atoms with E-state index in [0.29, 0.717) is 6.42 Å². The second-order valence-corrected chi connectivity index (χ2v) is 5.17. The summed E-state index contributed by atoms with van der Waals surface area (Å²) >= 11 is 3.38. The number of nitrogens with zero attached hydrogens (tertiary/aromatic N) is 3. The lowest BCUT2D eigenvalue weighted by Gasteiger charge is -2.23. The molecule has 1 atom stereocenters. The van der Waals surface area contributed by atoms with Crippen LogP contribution in [-0.4, -0.2) is 19.9 Å². The van der Waals surface area contributed by atoms with Crippen LogP contribution >= 0.6 is 15.9 Å². The van der Waals surface area contributed by atoms with Crippen molar-refractivity contribution in [3.8, 4) is 0 Å². The molecule has 0 amide bonds. The van der Waals surface area contributed by atoms with Gasteiger partial charge >= 0.3 is 0 Å². The van der Waals surface area contributed by atoms with E-state index in [1.807, 2.05) is 31.3 Å². The zero-order valence-electron chi connectivity index (χ0n) is 9.76. The average molecular weight is 296 g/mol. The van der Waals surface area contributed by atoms with Crippen LogP contribution in [0.4, 0.5) is 0 Å². The summed E-state index contributed by atoms with van der Waals surface area (Å²) in [5.74, 6) is 0.762. The quantitative estimate of drug-likeness (QED) is 0.943. The molecule has 0 bridgehead atoms. The molecule has 0 saturated heterocycles. The Balaban J connectivity index is 2.24. The molecule has 0 radical (unpaired) electrons. The highest BCUT2D eigenvalue weighted by Crippen LogP contribution is 2.25. The van der Waals surface area contributed by atoms with Gasteiger partial charge in [0.05, 0.1) is 5.60 Å². The highest BCUT2D eigenvalue weighted by atomic mass is 79.9. The van der Waals surface area contributed by atoms with Crippen LogP contribution in [0.25, 0.3) is 0 Å². The number of rotatable bonds is 3. The van der Waals surface area contributed by atoms with E-state index in [1.54, 1.807) is 11.6 Å². The first kappa shape index (κ1) is 12.3. The largest absolute Gasteiger partial charge is 0.385 e. The van der Waals surface area contributed by atoms with Gasteiger partial charge < -0.3 is 5.11 Å². The molecule has 1 aromatic heterocycles. The lowest BCUT2D eigenvalue weighted by atomic mass is 9.92. The van der Waals surface area contributed by atoms with E-state index >= 15 is 0 Å². The number of aryl methyl sites for hydroxylation is 1. The van der Waals surface area contributed by atoms with Gasteiger partial charge in [-0.3, -0.25) is 4.68 Å². The van der Waals surface area contributed by atoms with E-state index in [9.17, 15) is 5.11 Å². The van der Waals surface area contributed by atoms with Gasteiger partial charge in [-0.25, -0.2) is 4.98 Å². The topological polar surface area (TPSA) is 50.9 Å². The van der Waals surface area contributed by atoms with Crippen molar-refractivity contribution >= 4 is 15.9 Å². The molecular formula is C12H14BrN3O. The number of halogens is 1. The molecule has 1 aromatic carbocycles. The predicted molar refractivity (Wildman–Crippen MR) is 68.4 cm³/mol. The summed E-state index contributed by atoms with van der Waals surface area (Å²) in [5.41, 5.74) is -0.0784. The van der Waals surface area contributed by atoms with E-state index in [4.69, 9.17) is 0 Å². The van der Waals surface area contributed by atoms with Crippen molar-refractivity contribution < 1.29 is 5.11 Å². The lowest BCUT2D eigenvalue weighted by Crippen LogP contribution is -2.26. The molecule has 17 heavy (non-hydrogen) atoms. The molecule has 0 aliphatic heterocycles. The molecule has 1 unspecified atom stereocenters. The zero-order chi connectivity index (χ0) is 12.5. The van der Waals surface area contributed by atoms with Crippen molar-refractivity contribution in [2.75, 3.05) is 0 Å². The predicted octanol–water partition coefficient (Wildman–Crippen LogP) is 2.03. The van der Waals surface area contributed by atoms with E-state index in [-0.39, 0.29) is 0 Å². The minimum absolute atomic E-state index is 0.436. The van der Waals surface area contributed by atoms with Gasteiger partial charge in [0, 0.05) is 17.9 Å². The van der Waals surface area contributed by atoms with E-state index in [1.165, 1.54) is 6.33 Å². The maximum atomic E-state index is 10.5. The Bertz CT molecular complexity index is 505. The maximum Gasteiger partial charge on any atom is 0.138 e. The Morgan fingerprint density at radius 1 is 1.35 bits per heavy atom. The normalized spacial score (nSPS) is 14.6. The molecule has 5 heteroatoms.